The van der Waals surface area contributed by atoms with Crippen LogP contribution in [0.3, 0.4) is 0 Å². The van der Waals surface area contributed by atoms with Gasteiger partial charge in [-0.05, 0) is 37.0 Å². The van der Waals surface area contributed by atoms with Crippen molar-refractivity contribution in [3.8, 4) is 0 Å². The van der Waals surface area contributed by atoms with Crippen LogP contribution in [0.1, 0.15) is 18.4 Å². The number of rotatable bonds is 7. The van der Waals surface area contributed by atoms with Crippen molar-refractivity contribution < 1.29 is 13.2 Å². The van der Waals surface area contributed by atoms with Gasteiger partial charge >= 0.3 is 6.18 Å². The average Bonchev–Trinajstić information content (AvgIpc) is 2.37. The molecule has 0 saturated heterocycles. The second kappa shape index (κ2) is 7.44. The predicted molar refractivity (Wildman–Crippen MR) is 73.2 cm³/mol. The van der Waals surface area contributed by atoms with Crippen LogP contribution in [0.5, 0.6) is 0 Å². The zero-order chi connectivity index (χ0) is 14.3. The van der Waals surface area contributed by atoms with Crippen molar-refractivity contribution in [2.45, 2.75) is 19.0 Å². The van der Waals surface area contributed by atoms with Crippen LogP contribution in [0, 0.1) is 0 Å². The topological polar surface area (TPSA) is 63.0 Å². The molecule has 0 saturated carbocycles. The summed E-state index contributed by atoms with van der Waals surface area (Å²) < 4.78 is 37.9. The van der Waals surface area contributed by atoms with Crippen LogP contribution in [-0.2, 0) is 6.18 Å². The monoisotopic (exact) mass is 294 g/mol. The van der Waals surface area contributed by atoms with Crippen molar-refractivity contribution in [2.75, 3.05) is 29.3 Å². The Balaban J connectivity index is 2.67. The number of thioether (sulfide) groups is 1. The van der Waals surface area contributed by atoms with Crippen LogP contribution in [0.4, 0.5) is 24.8 Å². The van der Waals surface area contributed by atoms with Gasteiger partial charge in [0, 0.05) is 6.54 Å². The lowest BCUT2D eigenvalue weighted by atomic mass is 10.2. The van der Waals surface area contributed by atoms with Gasteiger partial charge in [-0.2, -0.15) is 24.9 Å². The Hall–Kier alpha value is -1.15. The zero-order valence-electron chi connectivity index (χ0n) is 10.5. The molecular weight excluding hydrogens is 277 g/mol. The normalized spacial score (nSPS) is 11.4. The van der Waals surface area contributed by atoms with Gasteiger partial charge in [0.1, 0.15) is 11.6 Å². The third-order valence-electron chi connectivity index (χ3n) is 2.38. The fraction of sp³-hybridized carbons (Fsp3) is 0.545. The number of anilines is 2. The molecule has 19 heavy (non-hydrogen) atoms. The molecule has 1 heterocycles. The smallest absolute Gasteiger partial charge is 0.370 e. The summed E-state index contributed by atoms with van der Waals surface area (Å²) in [5.74, 6) is 6.31. The molecule has 0 unspecified atom stereocenters. The molecule has 0 aromatic carbocycles. The number of hydrazine groups is 1. The van der Waals surface area contributed by atoms with Gasteiger partial charge in [-0.25, -0.2) is 10.8 Å². The molecule has 108 valence electrons. The minimum atomic E-state index is -4.41. The van der Waals surface area contributed by atoms with E-state index in [2.05, 4.69) is 15.7 Å². The summed E-state index contributed by atoms with van der Waals surface area (Å²) in [5.41, 5.74) is 1.36. The first kappa shape index (κ1) is 15.9. The van der Waals surface area contributed by atoms with E-state index in [0.29, 0.717) is 6.54 Å². The Morgan fingerprint density at radius 1 is 1.26 bits per heavy atom. The first-order valence-electron chi connectivity index (χ1n) is 5.76. The molecule has 4 N–H and O–H groups in total. The second-order valence-electron chi connectivity index (χ2n) is 3.90. The number of hydrogen-bond donors (Lipinski definition) is 3. The number of aromatic nitrogens is 1. The van der Waals surface area contributed by atoms with Gasteiger partial charge in [-0.15, -0.1) is 0 Å². The van der Waals surface area contributed by atoms with Crippen LogP contribution >= 0.6 is 11.8 Å². The number of halogens is 3. The summed E-state index contributed by atoms with van der Waals surface area (Å²) in [6.45, 7) is 0.582. The van der Waals surface area contributed by atoms with Crippen molar-refractivity contribution >= 4 is 23.4 Å². The van der Waals surface area contributed by atoms with E-state index in [1.54, 1.807) is 11.8 Å². The second-order valence-corrected chi connectivity index (χ2v) is 4.88. The number of unbranched alkanes of at least 4 members (excludes halogenated alkanes) is 1. The molecular formula is C11H17F3N4S. The highest BCUT2D eigenvalue weighted by Gasteiger charge is 2.31. The summed E-state index contributed by atoms with van der Waals surface area (Å²) in [5, 5.41) is 2.87. The number of nitrogens with zero attached hydrogens (tertiary/aromatic N) is 1. The zero-order valence-corrected chi connectivity index (χ0v) is 11.4. The molecule has 0 bridgehead atoms. The lowest BCUT2D eigenvalue weighted by molar-refractivity contribution is -0.137. The molecule has 0 radical (unpaired) electrons. The van der Waals surface area contributed by atoms with E-state index in [9.17, 15) is 13.2 Å². The van der Waals surface area contributed by atoms with Crippen molar-refractivity contribution in [1.29, 1.82) is 0 Å². The summed E-state index contributed by atoms with van der Waals surface area (Å²) in [6, 6.07) is 1.86. The predicted octanol–water partition coefficient (Wildman–Crippen LogP) is 2.94. The van der Waals surface area contributed by atoms with E-state index >= 15 is 0 Å². The Bertz CT molecular complexity index is 398. The fourth-order valence-electron chi connectivity index (χ4n) is 1.45. The van der Waals surface area contributed by atoms with Crippen molar-refractivity contribution in [2.24, 2.45) is 5.84 Å². The van der Waals surface area contributed by atoms with E-state index in [1.165, 1.54) is 0 Å². The number of pyridine rings is 1. The Morgan fingerprint density at radius 2 is 1.95 bits per heavy atom. The number of hydrogen-bond acceptors (Lipinski definition) is 5. The molecule has 0 spiro atoms. The number of nitrogens with two attached hydrogens (primary N) is 1. The van der Waals surface area contributed by atoms with E-state index in [0.717, 1.165) is 30.7 Å². The number of nitrogen functional groups attached to an aromatic ring is 1. The first-order chi connectivity index (χ1) is 8.97. The number of nitrogens with one attached hydrogen (secondary N) is 2. The van der Waals surface area contributed by atoms with Crippen molar-refractivity contribution in [3.05, 3.63) is 17.7 Å². The molecule has 0 fully saturated rings. The molecule has 8 heteroatoms. The van der Waals surface area contributed by atoms with Crippen LogP contribution in [0.2, 0.25) is 0 Å². The van der Waals surface area contributed by atoms with Gasteiger partial charge in [-0.3, -0.25) is 0 Å². The summed E-state index contributed by atoms with van der Waals surface area (Å²) in [6.07, 6.45) is -0.510. The Kier molecular flexibility index (Phi) is 6.23. The minimum Gasteiger partial charge on any atom is -0.370 e. The largest absolute Gasteiger partial charge is 0.416 e. The fourth-order valence-corrected chi connectivity index (χ4v) is 1.94. The lowest BCUT2D eigenvalue weighted by Crippen LogP contribution is -2.14. The Morgan fingerprint density at radius 3 is 2.53 bits per heavy atom. The molecule has 0 aliphatic carbocycles. The minimum absolute atomic E-state index is 0.0126. The quantitative estimate of drug-likeness (QED) is 0.410. The SMILES string of the molecule is CSCCCCNc1cc(C(F)(F)F)cc(NN)n1. The van der Waals surface area contributed by atoms with Gasteiger partial charge in [0.25, 0.3) is 0 Å². The van der Waals surface area contributed by atoms with Gasteiger partial charge in [0.05, 0.1) is 5.56 Å². The van der Waals surface area contributed by atoms with Crippen molar-refractivity contribution in [1.82, 2.24) is 4.98 Å². The van der Waals surface area contributed by atoms with E-state index < -0.39 is 11.7 Å². The Labute approximate surface area is 114 Å². The van der Waals surface area contributed by atoms with E-state index in [1.807, 2.05) is 6.26 Å². The highest BCUT2D eigenvalue weighted by Crippen LogP contribution is 2.31. The van der Waals surface area contributed by atoms with Gasteiger partial charge < -0.3 is 10.7 Å². The average molecular weight is 294 g/mol. The van der Waals surface area contributed by atoms with E-state index in [-0.39, 0.29) is 11.6 Å². The third kappa shape index (κ3) is 5.56. The van der Waals surface area contributed by atoms with Crippen LogP contribution in [-0.4, -0.2) is 23.5 Å². The molecule has 1 aromatic rings. The summed E-state index contributed by atoms with van der Waals surface area (Å²) in [7, 11) is 0. The number of alkyl halides is 3. The maximum absolute atomic E-state index is 12.6. The highest BCUT2D eigenvalue weighted by molar-refractivity contribution is 7.98. The van der Waals surface area contributed by atoms with Gasteiger partial charge in [0.2, 0.25) is 0 Å². The van der Waals surface area contributed by atoms with E-state index in [4.69, 9.17) is 5.84 Å². The highest BCUT2D eigenvalue weighted by atomic mass is 32.2. The molecule has 0 aliphatic heterocycles. The molecule has 0 aliphatic rings. The van der Waals surface area contributed by atoms with Crippen molar-refractivity contribution in [3.63, 3.8) is 0 Å². The molecule has 1 rings (SSSR count). The third-order valence-corrected chi connectivity index (χ3v) is 3.08. The first-order valence-corrected chi connectivity index (χ1v) is 7.15. The molecule has 0 amide bonds. The standard InChI is InChI=1S/C11H17F3N4S/c1-19-5-3-2-4-16-9-6-8(11(12,13)14)7-10(17-9)18-15/h6-7H,2-5,15H2,1H3,(H2,16,17,18). The van der Waals surface area contributed by atoms with Crippen LogP contribution in [0.15, 0.2) is 12.1 Å². The van der Waals surface area contributed by atoms with Gasteiger partial charge in [0.15, 0.2) is 0 Å². The van der Waals surface area contributed by atoms with Crippen LogP contribution in [0.25, 0.3) is 0 Å². The summed E-state index contributed by atoms with van der Waals surface area (Å²) >= 11 is 1.74. The van der Waals surface area contributed by atoms with Gasteiger partial charge in [-0.1, -0.05) is 0 Å². The van der Waals surface area contributed by atoms with Crippen LogP contribution < -0.4 is 16.6 Å². The maximum Gasteiger partial charge on any atom is 0.416 e. The maximum atomic E-state index is 12.6. The molecule has 1 aromatic heterocycles. The lowest BCUT2D eigenvalue weighted by Gasteiger charge is -2.12. The summed E-state index contributed by atoms with van der Waals surface area (Å²) in [4.78, 5) is 3.93. The molecule has 4 nitrogen and oxygen atoms in total. The molecule has 0 atom stereocenters.